The van der Waals surface area contributed by atoms with Crippen molar-refractivity contribution in [1.29, 1.82) is 0 Å². The summed E-state index contributed by atoms with van der Waals surface area (Å²) in [7, 11) is 0. The van der Waals surface area contributed by atoms with Gasteiger partial charge in [-0.2, -0.15) is 0 Å². The summed E-state index contributed by atoms with van der Waals surface area (Å²) < 4.78 is 6.53. The Balaban J connectivity index is 1.91. The minimum Gasteiger partial charge on any atom is -0.385 e. The van der Waals surface area contributed by atoms with Gasteiger partial charge in [0.25, 0.3) is 0 Å². The highest BCUT2D eigenvalue weighted by Gasteiger charge is 2.13. The first kappa shape index (κ1) is 11.9. The summed E-state index contributed by atoms with van der Waals surface area (Å²) in [6.45, 7) is 5.03. The Bertz CT molecular complexity index is 348. The zero-order chi connectivity index (χ0) is 11.4. The van der Waals surface area contributed by atoms with Gasteiger partial charge < -0.3 is 10.1 Å². The third-order valence-corrected chi connectivity index (χ3v) is 4.05. The molecule has 1 aliphatic heterocycles. The lowest BCUT2D eigenvalue weighted by molar-refractivity contribution is 0.0699. The first-order chi connectivity index (χ1) is 7.77. The van der Waals surface area contributed by atoms with Gasteiger partial charge in [0.1, 0.15) is 0 Å². The molecule has 1 fully saturated rings. The Kier molecular flexibility index (Phi) is 4.24. The van der Waals surface area contributed by atoms with Gasteiger partial charge >= 0.3 is 0 Å². The maximum absolute atomic E-state index is 5.36. The maximum atomic E-state index is 5.36. The van der Waals surface area contributed by atoms with Gasteiger partial charge in [0.2, 0.25) is 0 Å². The molecule has 1 aromatic carbocycles. The Labute approximate surface area is 106 Å². The second kappa shape index (κ2) is 5.69. The first-order valence-electron chi connectivity index (χ1n) is 5.84. The van der Waals surface area contributed by atoms with Gasteiger partial charge in [-0.25, -0.2) is 0 Å². The lowest BCUT2D eigenvalue weighted by atomic mass is 10.0. The molecule has 1 saturated heterocycles. The molecule has 3 heteroatoms. The Morgan fingerprint density at radius 3 is 2.88 bits per heavy atom. The molecular weight excluding hydrogens is 266 g/mol. The van der Waals surface area contributed by atoms with Crippen LogP contribution in [0.25, 0.3) is 0 Å². The highest BCUT2D eigenvalue weighted by Crippen LogP contribution is 2.24. The van der Waals surface area contributed by atoms with Crippen LogP contribution >= 0.6 is 15.9 Å². The van der Waals surface area contributed by atoms with Gasteiger partial charge in [-0.1, -0.05) is 22.0 Å². The SMILES string of the molecule is Cc1c(Br)cccc1NCC1CCOCC1. The summed E-state index contributed by atoms with van der Waals surface area (Å²) in [6, 6.07) is 6.29. The largest absolute Gasteiger partial charge is 0.385 e. The predicted octanol–water partition coefficient (Wildman–Crippen LogP) is 3.60. The lowest BCUT2D eigenvalue weighted by Gasteiger charge is -2.23. The number of hydrogen-bond donors (Lipinski definition) is 1. The van der Waals surface area contributed by atoms with Crippen molar-refractivity contribution in [3.05, 3.63) is 28.2 Å². The molecule has 1 heterocycles. The van der Waals surface area contributed by atoms with E-state index in [9.17, 15) is 0 Å². The fourth-order valence-electron chi connectivity index (χ4n) is 2.00. The van der Waals surface area contributed by atoms with Gasteiger partial charge in [0.15, 0.2) is 0 Å². The molecule has 1 aliphatic rings. The first-order valence-corrected chi connectivity index (χ1v) is 6.63. The number of benzene rings is 1. The number of halogens is 1. The summed E-state index contributed by atoms with van der Waals surface area (Å²) in [5, 5.41) is 3.54. The Morgan fingerprint density at radius 1 is 1.38 bits per heavy atom. The van der Waals surface area contributed by atoms with Crippen molar-refractivity contribution in [3.8, 4) is 0 Å². The molecule has 0 spiro atoms. The summed E-state index contributed by atoms with van der Waals surface area (Å²) in [5.74, 6) is 0.757. The van der Waals surface area contributed by atoms with Crippen molar-refractivity contribution in [2.75, 3.05) is 25.1 Å². The summed E-state index contributed by atoms with van der Waals surface area (Å²) in [6.07, 6.45) is 2.36. The van der Waals surface area contributed by atoms with Crippen LogP contribution in [-0.4, -0.2) is 19.8 Å². The fourth-order valence-corrected chi connectivity index (χ4v) is 2.37. The third kappa shape index (κ3) is 2.98. The van der Waals surface area contributed by atoms with E-state index in [1.807, 2.05) is 0 Å². The van der Waals surface area contributed by atoms with E-state index in [0.717, 1.165) is 25.7 Å². The van der Waals surface area contributed by atoms with Crippen LogP contribution in [0, 0.1) is 12.8 Å². The number of nitrogens with one attached hydrogen (secondary N) is 1. The highest BCUT2D eigenvalue weighted by molar-refractivity contribution is 9.10. The quantitative estimate of drug-likeness (QED) is 0.915. The second-order valence-electron chi connectivity index (χ2n) is 4.35. The molecule has 0 aromatic heterocycles. The molecule has 16 heavy (non-hydrogen) atoms. The summed E-state index contributed by atoms with van der Waals surface area (Å²) in [5.41, 5.74) is 2.52. The molecule has 2 rings (SSSR count). The van der Waals surface area contributed by atoms with Crippen LogP contribution in [0.1, 0.15) is 18.4 Å². The summed E-state index contributed by atoms with van der Waals surface area (Å²) in [4.78, 5) is 0. The van der Waals surface area contributed by atoms with E-state index >= 15 is 0 Å². The Morgan fingerprint density at radius 2 is 2.12 bits per heavy atom. The minimum absolute atomic E-state index is 0.757. The van der Waals surface area contributed by atoms with E-state index in [4.69, 9.17) is 4.74 Å². The minimum atomic E-state index is 0.757. The fraction of sp³-hybridized carbons (Fsp3) is 0.538. The molecule has 88 valence electrons. The van der Waals surface area contributed by atoms with Crippen molar-refractivity contribution in [2.45, 2.75) is 19.8 Å². The molecule has 0 amide bonds. The maximum Gasteiger partial charge on any atom is 0.0469 e. The number of anilines is 1. The standard InChI is InChI=1S/C13H18BrNO/c1-10-12(14)3-2-4-13(10)15-9-11-5-7-16-8-6-11/h2-4,11,15H,5-9H2,1H3. The van der Waals surface area contributed by atoms with Gasteiger partial charge in [-0.3, -0.25) is 0 Å². The predicted molar refractivity (Wildman–Crippen MR) is 70.9 cm³/mol. The van der Waals surface area contributed by atoms with Gasteiger partial charge in [-0.05, 0) is 43.4 Å². The van der Waals surface area contributed by atoms with Crippen molar-refractivity contribution < 1.29 is 4.74 Å². The van der Waals surface area contributed by atoms with E-state index in [-0.39, 0.29) is 0 Å². The number of hydrogen-bond acceptors (Lipinski definition) is 2. The van der Waals surface area contributed by atoms with E-state index in [2.05, 4.69) is 46.4 Å². The van der Waals surface area contributed by atoms with Crippen LogP contribution in [0.4, 0.5) is 5.69 Å². The molecular formula is C13H18BrNO. The summed E-state index contributed by atoms with van der Waals surface area (Å²) >= 11 is 3.55. The van der Waals surface area contributed by atoms with Gasteiger partial charge in [0, 0.05) is 29.9 Å². The van der Waals surface area contributed by atoms with Gasteiger partial charge in [0.05, 0.1) is 0 Å². The molecule has 1 N–H and O–H groups in total. The van der Waals surface area contributed by atoms with E-state index < -0.39 is 0 Å². The van der Waals surface area contributed by atoms with Crippen molar-refractivity contribution in [2.24, 2.45) is 5.92 Å². The molecule has 0 unspecified atom stereocenters. The molecule has 0 aliphatic carbocycles. The molecule has 0 saturated carbocycles. The molecule has 0 atom stereocenters. The monoisotopic (exact) mass is 283 g/mol. The third-order valence-electron chi connectivity index (χ3n) is 3.19. The van der Waals surface area contributed by atoms with E-state index in [1.165, 1.54) is 28.6 Å². The van der Waals surface area contributed by atoms with Crippen molar-refractivity contribution in [1.82, 2.24) is 0 Å². The number of rotatable bonds is 3. The molecule has 2 nitrogen and oxygen atoms in total. The van der Waals surface area contributed by atoms with Crippen LogP contribution in [0.5, 0.6) is 0 Å². The van der Waals surface area contributed by atoms with Crippen LogP contribution < -0.4 is 5.32 Å². The Hall–Kier alpha value is -0.540. The average Bonchev–Trinajstić information content (AvgIpc) is 2.32. The van der Waals surface area contributed by atoms with Crippen molar-refractivity contribution in [3.63, 3.8) is 0 Å². The zero-order valence-corrected chi connectivity index (χ0v) is 11.2. The van der Waals surface area contributed by atoms with Crippen LogP contribution in [0.15, 0.2) is 22.7 Å². The normalized spacial score (nSPS) is 17.4. The van der Waals surface area contributed by atoms with Crippen LogP contribution in [0.2, 0.25) is 0 Å². The molecule has 0 radical (unpaired) electrons. The van der Waals surface area contributed by atoms with E-state index in [0.29, 0.717) is 0 Å². The smallest absolute Gasteiger partial charge is 0.0469 e. The van der Waals surface area contributed by atoms with Crippen molar-refractivity contribution >= 4 is 21.6 Å². The molecule has 0 bridgehead atoms. The lowest BCUT2D eigenvalue weighted by Crippen LogP contribution is -2.22. The zero-order valence-electron chi connectivity index (χ0n) is 9.63. The van der Waals surface area contributed by atoms with Gasteiger partial charge in [-0.15, -0.1) is 0 Å². The topological polar surface area (TPSA) is 21.3 Å². The average molecular weight is 284 g/mol. The second-order valence-corrected chi connectivity index (χ2v) is 5.20. The van der Waals surface area contributed by atoms with Crippen LogP contribution in [-0.2, 0) is 4.74 Å². The van der Waals surface area contributed by atoms with Crippen LogP contribution in [0.3, 0.4) is 0 Å². The highest BCUT2D eigenvalue weighted by atomic mass is 79.9. The molecule has 1 aromatic rings. The van der Waals surface area contributed by atoms with E-state index in [1.54, 1.807) is 0 Å². The number of ether oxygens (including phenoxy) is 1.